The largest absolute Gasteiger partial charge is 0.462 e. The third kappa shape index (κ3) is 3.97. The molecule has 2 N–H and O–H groups in total. The van der Waals surface area contributed by atoms with Crippen molar-refractivity contribution in [2.24, 2.45) is 0 Å². The molecule has 0 saturated heterocycles. The molecular weight excluding hydrogens is 406 g/mol. The molecule has 0 aliphatic rings. The van der Waals surface area contributed by atoms with E-state index < -0.39 is 11.9 Å². The van der Waals surface area contributed by atoms with E-state index in [4.69, 9.17) is 14.6 Å². The van der Waals surface area contributed by atoms with E-state index in [1.165, 1.54) is 4.90 Å². The first kappa shape index (κ1) is 21.3. The lowest BCUT2D eigenvalue weighted by molar-refractivity contribution is 0.0527. The molecule has 156 valence electrons. The highest BCUT2D eigenvalue weighted by molar-refractivity contribution is 7.18. The van der Waals surface area contributed by atoms with Gasteiger partial charge in [-0.1, -0.05) is 18.2 Å². The highest BCUT2D eigenvalue weighted by Gasteiger charge is 2.28. The average Bonchev–Trinajstić information content (AvgIpc) is 3.02. The van der Waals surface area contributed by atoms with Gasteiger partial charge in [0.25, 0.3) is 11.8 Å². The quantitative estimate of drug-likeness (QED) is 0.606. The number of hydrogen-bond donors (Lipinski definition) is 2. The van der Waals surface area contributed by atoms with Gasteiger partial charge in [0, 0.05) is 19.5 Å². The summed E-state index contributed by atoms with van der Waals surface area (Å²) in [5.74, 6) is -1.54. The minimum Gasteiger partial charge on any atom is -0.462 e. The van der Waals surface area contributed by atoms with E-state index in [-0.39, 0.29) is 34.2 Å². The predicted molar refractivity (Wildman–Crippen MR) is 113 cm³/mol. The van der Waals surface area contributed by atoms with Crippen molar-refractivity contribution in [3.05, 3.63) is 57.5 Å². The summed E-state index contributed by atoms with van der Waals surface area (Å²) in [5.41, 5.74) is 0.750. The number of nitrogens with zero attached hydrogens (tertiary/aromatic N) is 1. The minimum absolute atomic E-state index is 0.00930. The molecule has 3 rings (SSSR count). The van der Waals surface area contributed by atoms with Gasteiger partial charge in [0.05, 0.1) is 17.0 Å². The Hall–Kier alpha value is -3.46. The Labute approximate surface area is 176 Å². The van der Waals surface area contributed by atoms with Crippen molar-refractivity contribution >= 4 is 45.1 Å². The molecule has 30 heavy (non-hydrogen) atoms. The number of benzene rings is 1. The molecular formula is C21H21N3O5S. The van der Waals surface area contributed by atoms with Crippen LogP contribution >= 0.6 is 11.3 Å². The Morgan fingerprint density at radius 3 is 2.60 bits per heavy atom. The zero-order valence-corrected chi connectivity index (χ0v) is 17.8. The first-order chi connectivity index (χ1) is 14.2. The van der Waals surface area contributed by atoms with Crippen LogP contribution in [-0.4, -0.2) is 43.4 Å². The number of para-hydroxylation sites is 1. The molecule has 2 amide bonds. The third-order valence-corrected chi connectivity index (χ3v) is 5.57. The van der Waals surface area contributed by atoms with Crippen molar-refractivity contribution < 1.29 is 23.5 Å². The van der Waals surface area contributed by atoms with Crippen LogP contribution in [0.4, 0.5) is 5.00 Å². The number of thiophene rings is 1. The van der Waals surface area contributed by atoms with Crippen molar-refractivity contribution in [2.45, 2.75) is 13.8 Å². The van der Waals surface area contributed by atoms with Gasteiger partial charge in [-0.25, -0.2) is 4.79 Å². The number of carbonyl (C=O) groups excluding carboxylic acids is 3. The Morgan fingerprint density at radius 1 is 1.23 bits per heavy atom. The van der Waals surface area contributed by atoms with Crippen LogP contribution in [0.15, 0.2) is 34.7 Å². The molecule has 2 heterocycles. The number of ether oxygens (including phenoxy) is 1. The maximum atomic E-state index is 12.9. The van der Waals surface area contributed by atoms with Crippen molar-refractivity contribution in [3.63, 3.8) is 0 Å². The number of amides is 2. The second-order valence-corrected chi connectivity index (χ2v) is 7.68. The van der Waals surface area contributed by atoms with Gasteiger partial charge in [-0.15, -0.1) is 11.3 Å². The van der Waals surface area contributed by atoms with Gasteiger partial charge in [-0.3, -0.25) is 15.0 Å². The van der Waals surface area contributed by atoms with Crippen molar-refractivity contribution in [2.75, 3.05) is 26.0 Å². The number of carbonyl (C=O) groups is 3. The molecule has 2 aromatic heterocycles. The minimum atomic E-state index is -0.631. The normalized spacial score (nSPS) is 10.7. The highest BCUT2D eigenvalue weighted by atomic mass is 32.1. The third-order valence-electron chi connectivity index (χ3n) is 4.37. The van der Waals surface area contributed by atoms with E-state index in [9.17, 15) is 14.4 Å². The van der Waals surface area contributed by atoms with Gasteiger partial charge in [0.2, 0.25) is 5.55 Å². The fourth-order valence-corrected chi connectivity index (χ4v) is 4.09. The number of rotatable bonds is 5. The van der Waals surface area contributed by atoms with Crippen LogP contribution in [-0.2, 0) is 4.74 Å². The highest BCUT2D eigenvalue weighted by Crippen LogP contribution is 2.34. The van der Waals surface area contributed by atoms with Gasteiger partial charge in [0.1, 0.15) is 16.1 Å². The van der Waals surface area contributed by atoms with Gasteiger partial charge in [-0.05, 0) is 31.5 Å². The summed E-state index contributed by atoms with van der Waals surface area (Å²) >= 11 is 0.993. The summed E-state index contributed by atoms with van der Waals surface area (Å²) in [7, 11) is 3.21. The van der Waals surface area contributed by atoms with Crippen molar-refractivity contribution in [3.8, 4) is 0 Å². The second-order valence-electron chi connectivity index (χ2n) is 6.66. The number of nitrogens with one attached hydrogen (secondary N) is 2. The molecule has 0 unspecified atom stereocenters. The Bertz CT molecular complexity index is 1210. The lowest BCUT2D eigenvalue weighted by atomic mass is 10.1. The van der Waals surface area contributed by atoms with Crippen LogP contribution in [0.2, 0.25) is 0 Å². The molecule has 1 aromatic carbocycles. The van der Waals surface area contributed by atoms with Crippen LogP contribution in [0.3, 0.4) is 0 Å². The Balaban J connectivity index is 2.05. The molecule has 9 heteroatoms. The maximum Gasteiger partial charge on any atom is 0.341 e. The molecule has 0 fully saturated rings. The van der Waals surface area contributed by atoms with Gasteiger partial charge < -0.3 is 19.4 Å². The van der Waals surface area contributed by atoms with Gasteiger partial charge in [0.15, 0.2) is 0 Å². The zero-order chi connectivity index (χ0) is 22.0. The molecule has 3 aromatic rings. The van der Waals surface area contributed by atoms with E-state index in [0.717, 1.165) is 11.3 Å². The summed E-state index contributed by atoms with van der Waals surface area (Å²) in [6, 6.07) is 8.59. The molecule has 0 spiro atoms. The summed E-state index contributed by atoms with van der Waals surface area (Å²) < 4.78 is 10.5. The fraction of sp³-hybridized carbons (Fsp3) is 0.238. The van der Waals surface area contributed by atoms with Crippen molar-refractivity contribution in [1.82, 2.24) is 4.90 Å². The van der Waals surface area contributed by atoms with Crippen LogP contribution in [0.25, 0.3) is 11.0 Å². The maximum absolute atomic E-state index is 12.9. The van der Waals surface area contributed by atoms with Gasteiger partial charge in [-0.2, -0.15) is 0 Å². The number of esters is 1. The summed E-state index contributed by atoms with van der Waals surface area (Å²) in [5, 5.41) is 11.6. The number of fused-ring (bicyclic) bond motifs is 1. The molecule has 8 nitrogen and oxygen atoms in total. The number of hydrogen-bond acceptors (Lipinski definition) is 7. The molecule has 0 radical (unpaired) electrons. The van der Waals surface area contributed by atoms with E-state index in [1.807, 2.05) is 0 Å². The van der Waals surface area contributed by atoms with E-state index in [0.29, 0.717) is 21.4 Å². The Morgan fingerprint density at radius 2 is 1.93 bits per heavy atom. The summed E-state index contributed by atoms with van der Waals surface area (Å²) in [6.07, 6.45) is 0. The molecule has 0 bridgehead atoms. The molecule has 0 aliphatic carbocycles. The number of anilines is 1. The van der Waals surface area contributed by atoms with Crippen LogP contribution in [0, 0.1) is 12.3 Å². The molecule has 0 saturated carbocycles. The fourth-order valence-electron chi connectivity index (χ4n) is 2.88. The van der Waals surface area contributed by atoms with E-state index in [1.54, 1.807) is 58.3 Å². The second kappa shape index (κ2) is 8.50. The monoisotopic (exact) mass is 427 g/mol. The van der Waals surface area contributed by atoms with Gasteiger partial charge >= 0.3 is 5.97 Å². The standard InChI is InChI=1S/C21H21N3O5S/c1-5-28-21(27)15-11(2)16(20(26)24(3)4)30-19(15)23-18(25)13-10-12-8-6-7-9-14(12)29-17(13)22/h6-10,22H,5H2,1-4H3,(H,23,25). The van der Waals surface area contributed by atoms with Crippen LogP contribution < -0.4 is 10.9 Å². The predicted octanol–water partition coefficient (Wildman–Crippen LogP) is 3.41. The lowest BCUT2D eigenvalue weighted by Crippen LogP contribution is -2.21. The SMILES string of the molecule is CCOC(=O)c1c(NC(=O)c2cc3ccccc3oc2=N)sc(C(=O)N(C)C)c1C. The van der Waals surface area contributed by atoms with Crippen molar-refractivity contribution in [1.29, 1.82) is 5.41 Å². The van der Waals surface area contributed by atoms with E-state index >= 15 is 0 Å². The summed E-state index contributed by atoms with van der Waals surface area (Å²) in [4.78, 5) is 39.6. The smallest absolute Gasteiger partial charge is 0.341 e. The first-order valence-electron chi connectivity index (χ1n) is 9.15. The topological polar surface area (TPSA) is 113 Å². The van der Waals surface area contributed by atoms with Crippen LogP contribution in [0.5, 0.6) is 0 Å². The lowest BCUT2D eigenvalue weighted by Gasteiger charge is -2.09. The molecule has 0 atom stereocenters. The Kier molecular flexibility index (Phi) is 6.02. The van der Waals surface area contributed by atoms with Crippen LogP contribution in [0.1, 0.15) is 42.9 Å². The van der Waals surface area contributed by atoms with E-state index in [2.05, 4.69) is 5.32 Å². The first-order valence-corrected chi connectivity index (χ1v) is 9.97. The molecule has 0 aliphatic heterocycles. The summed E-state index contributed by atoms with van der Waals surface area (Å²) in [6.45, 7) is 3.46. The average molecular weight is 427 g/mol. The zero-order valence-electron chi connectivity index (χ0n) is 17.0.